The number of hydrogen-bond acceptors (Lipinski definition) is 3. The Balaban J connectivity index is 2.92. The Morgan fingerprint density at radius 1 is 1.10 bits per heavy atom. The maximum absolute atomic E-state index is 12.2. The number of ether oxygens (including phenoxy) is 1. The number of carboxylic acids is 1. The van der Waals surface area contributed by atoms with Gasteiger partial charge in [-0.2, -0.15) is 0 Å². The number of rotatable bonds is 6. The summed E-state index contributed by atoms with van der Waals surface area (Å²) >= 11 is 0. The van der Waals surface area contributed by atoms with Gasteiger partial charge < -0.3 is 9.84 Å². The number of aromatic carboxylic acids is 1. The molecule has 20 heavy (non-hydrogen) atoms. The van der Waals surface area contributed by atoms with Crippen molar-refractivity contribution in [2.45, 2.75) is 40.2 Å². The molecule has 4 nitrogen and oxygen atoms in total. The van der Waals surface area contributed by atoms with Gasteiger partial charge in [0.1, 0.15) is 6.10 Å². The zero-order valence-electron chi connectivity index (χ0n) is 12.4. The van der Waals surface area contributed by atoms with Gasteiger partial charge in [-0.1, -0.05) is 39.8 Å². The molecule has 110 valence electrons. The van der Waals surface area contributed by atoms with Crippen molar-refractivity contribution in [1.82, 2.24) is 0 Å². The van der Waals surface area contributed by atoms with Crippen molar-refractivity contribution >= 4 is 11.9 Å². The molecule has 1 rings (SSSR count). The fourth-order valence-corrected chi connectivity index (χ4v) is 1.97. The third kappa shape index (κ3) is 4.37. The van der Waals surface area contributed by atoms with Crippen LogP contribution in [0.4, 0.5) is 0 Å². The van der Waals surface area contributed by atoms with Gasteiger partial charge in [-0.25, -0.2) is 9.59 Å². The van der Waals surface area contributed by atoms with Gasteiger partial charge in [-0.15, -0.1) is 0 Å². The molecule has 0 aromatic heterocycles. The third-order valence-electron chi connectivity index (χ3n) is 3.08. The molecule has 1 aromatic carbocycles. The van der Waals surface area contributed by atoms with Crippen LogP contribution in [-0.4, -0.2) is 23.1 Å². The molecule has 0 spiro atoms. The fraction of sp³-hybridized carbons (Fsp3) is 0.500. The topological polar surface area (TPSA) is 63.6 Å². The molecule has 1 unspecified atom stereocenters. The minimum absolute atomic E-state index is 0.0236. The number of carbonyl (C=O) groups is 2. The highest BCUT2D eigenvalue weighted by Gasteiger charge is 2.23. The Hall–Kier alpha value is -1.84. The van der Waals surface area contributed by atoms with Crippen LogP contribution >= 0.6 is 0 Å². The van der Waals surface area contributed by atoms with Gasteiger partial charge in [0.05, 0.1) is 11.1 Å². The summed E-state index contributed by atoms with van der Waals surface area (Å²) in [7, 11) is 0. The molecule has 0 saturated carbocycles. The SMILES string of the molecule is CC(C)CC(OC(=O)c1ccccc1C(=O)O)C(C)C. The Labute approximate surface area is 119 Å². The highest BCUT2D eigenvalue weighted by atomic mass is 16.5. The monoisotopic (exact) mass is 278 g/mol. The van der Waals surface area contributed by atoms with Crippen molar-refractivity contribution in [1.29, 1.82) is 0 Å². The van der Waals surface area contributed by atoms with Crippen LogP contribution in [0, 0.1) is 11.8 Å². The number of hydrogen-bond donors (Lipinski definition) is 1. The van der Waals surface area contributed by atoms with Crippen LogP contribution in [0.25, 0.3) is 0 Å². The lowest BCUT2D eigenvalue weighted by Gasteiger charge is -2.23. The van der Waals surface area contributed by atoms with E-state index in [1.165, 1.54) is 12.1 Å². The molecular weight excluding hydrogens is 256 g/mol. The predicted octanol–water partition coefficient (Wildman–Crippen LogP) is 3.61. The maximum Gasteiger partial charge on any atom is 0.339 e. The van der Waals surface area contributed by atoms with Crippen molar-refractivity contribution in [3.05, 3.63) is 35.4 Å². The quantitative estimate of drug-likeness (QED) is 0.807. The smallest absolute Gasteiger partial charge is 0.339 e. The van der Waals surface area contributed by atoms with Crippen molar-refractivity contribution in [2.75, 3.05) is 0 Å². The fourth-order valence-electron chi connectivity index (χ4n) is 1.97. The van der Waals surface area contributed by atoms with E-state index in [0.717, 1.165) is 6.42 Å². The Morgan fingerprint density at radius 3 is 2.10 bits per heavy atom. The van der Waals surface area contributed by atoms with E-state index in [1.54, 1.807) is 12.1 Å². The van der Waals surface area contributed by atoms with Gasteiger partial charge in [-0.3, -0.25) is 0 Å². The summed E-state index contributed by atoms with van der Waals surface area (Å²) in [4.78, 5) is 23.3. The van der Waals surface area contributed by atoms with Crippen LogP contribution < -0.4 is 0 Å². The maximum atomic E-state index is 12.2. The zero-order valence-corrected chi connectivity index (χ0v) is 12.4. The molecule has 0 aliphatic rings. The molecule has 0 aliphatic heterocycles. The molecule has 1 N–H and O–H groups in total. The Kier molecular flexibility index (Phi) is 5.74. The summed E-state index contributed by atoms with van der Waals surface area (Å²) in [6.45, 7) is 8.11. The molecular formula is C16H22O4. The van der Waals surface area contributed by atoms with E-state index in [4.69, 9.17) is 9.84 Å². The van der Waals surface area contributed by atoms with Crippen molar-refractivity contribution in [2.24, 2.45) is 11.8 Å². The van der Waals surface area contributed by atoms with Crippen LogP contribution in [0.2, 0.25) is 0 Å². The highest BCUT2D eigenvalue weighted by molar-refractivity contribution is 6.02. The van der Waals surface area contributed by atoms with Crippen molar-refractivity contribution in [3.8, 4) is 0 Å². The van der Waals surface area contributed by atoms with E-state index < -0.39 is 11.9 Å². The summed E-state index contributed by atoms with van der Waals surface area (Å²) in [5.74, 6) is -1.09. The standard InChI is InChI=1S/C16H22O4/c1-10(2)9-14(11(3)4)20-16(19)13-8-6-5-7-12(13)15(17)18/h5-8,10-11,14H,9H2,1-4H3,(H,17,18). The number of carbonyl (C=O) groups excluding carboxylic acids is 1. The number of benzene rings is 1. The highest BCUT2D eigenvalue weighted by Crippen LogP contribution is 2.19. The second-order valence-corrected chi connectivity index (χ2v) is 5.67. The van der Waals surface area contributed by atoms with Gasteiger partial charge in [0, 0.05) is 0 Å². The second-order valence-electron chi connectivity index (χ2n) is 5.67. The normalized spacial score (nSPS) is 12.5. The van der Waals surface area contributed by atoms with E-state index in [1.807, 2.05) is 13.8 Å². The summed E-state index contributed by atoms with van der Waals surface area (Å²) in [5, 5.41) is 9.10. The molecule has 4 heteroatoms. The van der Waals surface area contributed by atoms with Gasteiger partial charge in [0.15, 0.2) is 0 Å². The van der Waals surface area contributed by atoms with Crippen LogP contribution in [0.15, 0.2) is 24.3 Å². The lowest BCUT2D eigenvalue weighted by Crippen LogP contribution is -2.26. The minimum Gasteiger partial charge on any atom is -0.478 e. The zero-order chi connectivity index (χ0) is 15.3. The number of esters is 1. The lowest BCUT2D eigenvalue weighted by atomic mass is 9.97. The Morgan fingerprint density at radius 2 is 1.65 bits per heavy atom. The largest absolute Gasteiger partial charge is 0.478 e. The summed E-state index contributed by atoms with van der Waals surface area (Å²) in [6.07, 6.45) is 0.558. The third-order valence-corrected chi connectivity index (χ3v) is 3.08. The van der Waals surface area contributed by atoms with Gasteiger partial charge in [0.2, 0.25) is 0 Å². The van der Waals surface area contributed by atoms with E-state index in [9.17, 15) is 9.59 Å². The van der Waals surface area contributed by atoms with E-state index in [2.05, 4.69) is 13.8 Å². The molecule has 1 atom stereocenters. The minimum atomic E-state index is -1.12. The first-order valence-electron chi connectivity index (χ1n) is 6.86. The van der Waals surface area contributed by atoms with Crippen LogP contribution in [0.1, 0.15) is 54.8 Å². The predicted molar refractivity (Wildman–Crippen MR) is 76.9 cm³/mol. The van der Waals surface area contributed by atoms with Crippen molar-refractivity contribution < 1.29 is 19.4 Å². The first-order chi connectivity index (χ1) is 9.32. The Bertz CT molecular complexity index is 477. The molecule has 0 radical (unpaired) electrons. The summed E-state index contributed by atoms with van der Waals surface area (Å²) in [5.41, 5.74) is 0.0824. The van der Waals surface area contributed by atoms with Gasteiger partial charge >= 0.3 is 11.9 Å². The molecule has 0 fully saturated rings. The second kappa shape index (κ2) is 7.08. The first-order valence-corrected chi connectivity index (χ1v) is 6.86. The summed E-state index contributed by atoms with van der Waals surface area (Å²) in [6, 6.07) is 6.12. The molecule has 0 saturated heterocycles. The summed E-state index contributed by atoms with van der Waals surface area (Å²) < 4.78 is 5.50. The lowest BCUT2D eigenvalue weighted by molar-refractivity contribution is 0.0119. The first kappa shape index (κ1) is 16.2. The molecule has 0 heterocycles. The molecule has 0 bridgehead atoms. The average molecular weight is 278 g/mol. The van der Waals surface area contributed by atoms with Crippen molar-refractivity contribution in [3.63, 3.8) is 0 Å². The van der Waals surface area contributed by atoms with E-state index in [0.29, 0.717) is 5.92 Å². The van der Waals surface area contributed by atoms with Crippen LogP contribution in [-0.2, 0) is 4.74 Å². The van der Waals surface area contributed by atoms with Crippen LogP contribution in [0.3, 0.4) is 0 Å². The molecule has 0 amide bonds. The van der Waals surface area contributed by atoms with Gasteiger partial charge in [-0.05, 0) is 30.4 Å². The van der Waals surface area contributed by atoms with E-state index >= 15 is 0 Å². The van der Waals surface area contributed by atoms with Crippen LogP contribution in [0.5, 0.6) is 0 Å². The number of carboxylic acid groups (broad SMARTS) is 1. The molecule has 1 aromatic rings. The molecule has 0 aliphatic carbocycles. The average Bonchev–Trinajstić information content (AvgIpc) is 2.37. The van der Waals surface area contributed by atoms with Gasteiger partial charge in [0.25, 0.3) is 0 Å². The van der Waals surface area contributed by atoms with E-state index in [-0.39, 0.29) is 23.1 Å².